The Kier molecular flexibility index (Phi) is 3.10. The number of carbonyl (C=O) groups is 1. The van der Waals surface area contributed by atoms with Crippen LogP contribution in [0.1, 0.15) is 10.4 Å². The topological polar surface area (TPSA) is 62.3 Å². The molecule has 0 fully saturated rings. The molecule has 0 saturated heterocycles. The molecular formula is C16H12FNO3. The van der Waals surface area contributed by atoms with Crippen molar-refractivity contribution < 1.29 is 19.0 Å². The van der Waals surface area contributed by atoms with Crippen molar-refractivity contribution >= 4 is 16.9 Å². The number of aromatic carboxylic acids is 1. The molecule has 0 saturated carbocycles. The van der Waals surface area contributed by atoms with E-state index < -0.39 is 5.97 Å². The lowest BCUT2D eigenvalue weighted by atomic mass is 10.0. The van der Waals surface area contributed by atoms with Crippen molar-refractivity contribution in [1.29, 1.82) is 0 Å². The Bertz CT molecular complexity index is 839. The number of carboxylic acids is 1. The molecule has 2 N–H and O–H groups in total. The zero-order valence-electron chi connectivity index (χ0n) is 11.2. The van der Waals surface area contributed by atoms with Gasteiger partial charge in [0.05, 0.1) is 12.7 Å². The zero-order chi connectivity index (χ0) is 15.0. The number of halogens is 1. The smallest absolute Gasteiger partial charge is 0.337 e. The number of aromatic nitrogens is 1. The van der Waals surface area contributed by atoms with E-state index in [4.69, 9.17) is 9.84 Å². The highest BCUT2D eigenvalue weighted by atomic mass is 19.1. The van der Waals surface area contributed by atoms with Gasteiger partial charge in [0.25, 0.3) is 0 Å². The van der Waals surface area contributed by atoms with Gasteiger partial charge in [0.1, 0.15) is 11.6 Å². The molecule has 0 unspecified atom stereocenters. The van der Waals surface area contributed by atoms with Gasteiger partial charge in [-0.3, -0.25) is 0 Å². The normalized spacial score (nSPS) is 10.8. The summed E-state index contributed by atoms with van der Waals surface area (Å²) in [5.41, 5.74) is 1.82. The molecule has 0 aliphatic heterocycles. The van der Waals surface area contributed by atoms with Gasteiger partial charge in [-0.1, -0.05) is 6.07 Å². The Morgan fingerprint density at radius 2 is 2.05 bits per heavy atom. The number of ether oxygens (including phenoxy) is 1. The Balaban J connectivity index is 2.21. The lowest BCUT2D eigenvalue weighted by Crippen LogP contribution is -1.94. The molecule has 4 nitrogen and oxygen atoms in total. The summed E-state index contributed by atoms with van der Waals surface area (Å²) in [6.07, 6.45) is 1.43. The first-order valence-electron chi connectivity index (χ1n) is 6.28. The Morgan fingerprint density at radius 1 is 1.24 bits per heavy atom. The molecule has 0 bridgehead atoms. The SMILES string of the molecule is COc1ccc(F)c(-c2ccc3[nH]cc(C(=O)O)c3c2)c1. The largest absolute Gasteiger partial charge is 0.497 e. The number of hydrogen-bond donors (Lipinski definition) is 2. The number of methoxy groups -OCH3 is 1. The van der Waals surface area contributed by atoms with Gasteiger partial charge in [-0.25, -0.2) is 9.18 Å². The van der Waals surface area contributed by atoms with Crippen molar-refractivity contribution in [3.8, 4) is 16.9 Å². The number of aromatic amines is 1. The molecule has 3 aromatic rings. The van der Waals surface area contributed by atoms with Crippen LogP contribution in [0.2, 0.25) is 0 Å². The minimum atomic E-state index is -1.02. The van der Waals surface area contributed by atoms with Gasteiger partial charge in [-0.05, 0) is 35.9 Å². The van der Waals surface area contributed by atoms with Gasteiger partial charge < -0.3 is 14.8 Å². The number of H-pyrrole nitrogens is 1. The van der Waals surface area contributed by atoms with Crippen molar-refractivity contribution in [2.24, 2.45) is 0 Å². The van der Waals surface area contributed by atoms with Crippen LogP contribution in [-0.4, -0.2) is 23.2 Å². The third kappa shape index (κ3) is 2.23. The number of carboxylic acid groups (broad SMARTS) is 1. The standard InChI is InChI=1S/C16H12FNO3/c1-21-10-3-4-14(17)11(7-10)9-2-5-15-12(6-9)13(8-18-15)16(19)20/h2-8,18H,1H3,(H,19,20). The summed E-state index contributed by atoms with van der Waals surface area (Å²) in [7, 11) is 1.51. The highest BCUT2D eigenvalue weighted by molar-refractivity contribution is 6.04. The maximum atomic E-state index is 14.0. The number of rotatable bonds is 3. The molecule has 1 aromatic heterocycles. The van der Waals surface area contributed by atoms with Crippen LogP contribution in [0.5, 0.6) is 5.75 Å². The quantitative estimate of drug-likeness (QED) is 0.771. The first-order chi connectivity index (χ1) is 10.1. The summed E-state index contributed by atoms with van der Waals surface area (Å²) in [4.78, 5) is 14.1. The summed E-state index contributed by atoms with van der Waals surface area (Å²) in [5.74, 6) is -0.869. The lowest BCUT2D eigenvalue weighted by Gasteiger charge is -2.07. The van der Waals surface area contributed by atoms with E-state index in [9.17, 15) is 9.18 Å². The van der Waals surface area contributed by atoms with Crippen molar-refractivity contribution in [1.82, 2.24) is 4.98 Å². The zero-order valence-corrected chi connectivity index (χ0v) is 11.2. The maximum absolute atomic E-state index is 14.0. The number of benzene rings is 2. The maximum Gasteiger partial charge on any atom is 0.337 e. The first kappa shape index (κ1) is 13.2. The first-order valence-corrected chi connectivity index (χ1v) is 6.28. The van der Waals surface area contributed by atoms with Gasteiger partial charge >= 0.3 is 5.97 Å². The van der Waals surface area contributed by atoms with Crippen molar-refractivity contribution in [3.05, 3.63) is 54.0 Å². The van der Waals surface area contributed by atoms with Gasteiger partial charge in [-0.15, -0.1) is 0 Å². The lowest BCUT2D eigenvalue weighted by molar-refractivity contribution is 0.0699. The molecule has 0 radical (unpaired) electrons. The van der Waals surface area contributed by atoms with Gasteiger partial charge in [-0.2, -0.15) is 0 Å². The molecule has 106 valence electrons. The second kappa shape index (κ2) is 4.94. The molecular weight excluding hydrogens is 273 g/mol. The summed E-state index contributed by atoms with van der Waals surface area (Å²) in [6.45, 7) is 0. The molecule has 3 rings (SSSR count). The van der Waals surface area contributed by atoms with Crippen LogP contribution in [0.4, 0.5) is 4.39 Å². The van der Waals surface area contributed by atoms with Gasteiger partial charge in [0.15, 0.2) is 0 Å². The number of hydrogen-bond acceptors (Lipinski definition) is 2. The predicted octanol–water partition coefficient (Wildman–Crippen LogP) is 3.68. The van der Waals surface area contributed by atoms with E-state index in [1.54, 1.807) is 24.3 Å². The minimum Gasteiger partial charge on any atom is -0.497 e. The van der Waals surface area contributed by atoms with Gasteiger partial charge in [0.2, 0.25) is 0 Å². The van der Waals surface area contributed by atoms with Crippen LogP contribution in [0.15, 0.2) is 42.6 Å². The second-order valence-corrected chi connectivity index (χ2v) is 4.61. The average Bonchev–Trinajstić information content (AvgIpc) is 2.91. The number of fused-ring (bicyclic) bond motifs is 1. The van der Waals surface area contributed by atoms with Gasteiger partial charge in [0, 0.05) is 22.7 Å². The van der Waals surface area contributed by atoms with E-state index in [0.29, 0.717) is 27.8 Å². The van der Waals surface area contributed by atoms with Crippen LogP contribution >= 0.6 is 0 Å². The molecule has 2 aromatic carbocycles. The fourth-order valence-electron chi connectivity index (χ4n) is 2.32. The average molecular weight is 285 g/mol. The third-order valence-corrected chi connectivity index (χ3v) is 3.40. The van der Waals surface area contributed by atoms with Crippen LogP contribution < -0.4 is 4.74 Å². The van der Waals surface area contributed by atoms with E-state index in [0.717, 1.165) is 0 Å². The third-order valence-electron chi connectivity index (χ3n) is 3.40. The van der Waals surface area contributed by atoms with E-state index in [-0.39, 0.29) is 11.4 Å². The Hall–Kier alpha value is -2.82. The molecule has 0 atom stereocenters. The van der Waals surface area contributed by atoms with E-state index in [1.165, 1.54) is 25.4 Å². The molecule has 0 amide bonds. The number of nitrogens with one attached hydrogen (secondary N) is 1. The fourth-order valence-corrected chi connectivity index (χ4v) is 2.32. The van der Waals surface area contributed by atoms with Crippen LogP contribution in [0, 0.1) is 5.82 Å². The van der Waals surface area contributed by atoms with E-state index in [1.807, 2.05) is 0 Å². The minimum absolute atomic E-state index is 0.162. The molecule has 5 heteroatoms. The van der Waals surface area contributed by atoms with Crippen LogP contribution in [0.25, 0.3) is 22.0 Å². The van der Waals surface area contributed by atoms with Crippen LogP contribution in [-0.2, 0) is 0 Å². The Labute approximate surface area is 119 Å². The van der Waals surface area contributed by atoms with Crippen molar-refractivity contribution in [2.75, 3.05) is 7.11 Å². The molecule has 21 heavy (non-hydrogen) atoms. The van der Waals surface area contributed by atoms with Crippen molar-refractivity contribution in [2.45, 2.75) is 0 Å². The fraction of sp³-hybridized carbons (Fsp3) is 0.0625. The highest BCUT2D eigenvalue weighted by Gasteiger charge is 2.13. The van der Waals surface area contributed by atoms with Crippen molar-refractivity contribution in [3.63, 3.8) is 0 Å². The predicted molar refractivity (Wildman–Crippen MR) is 77.2 cm³/mol. The summed E-state index contributed by atoms with van der Waals surface area (Å²) >= 11 is 0. The van der Waals surface area contributed by atoms with E-state index in [2.05, 4.69) is 4.98 Å². The summed E-state index contributed by atoms with van der Waals surface area (Å²) in [6, 6.07) is 9.58. The Morgan fingerprint density at radius 3 is 2.76 bits per heavy atom. The van der Waals surface area contributed by atoms with E-state index >= 15 is 0 Å². The van der Waals surface area contributed by atoms with Crippen LogP contribution in [0.3, 0.4) is 0 Å². The molecule has 0 aliphatic carbocycles. The monoisotopic (exact) mass is 285 g/mol. The molecule has 1 heterocycles. The highest BCUT2D eigenvalue weighted by Crippen LogP contribution is 2.30. The summed E-state index contributed by atoms with van der Waals surface area (Å²) < 4.78 is 19.1. The summed E-state index contributed by atoms with van der Waals surface area (Å²) in [5, 5.41) is 9.70. The molecule has 0 aliphatic rings. The second-order valence-electron chi connectivity index (χ2n) is 4.61. The molecule has 0 spiro atoms.